The molecule has 0 spiro atoms. The van der Waals surface area contributed by atoms with Crippen molar-refractivity contribution >= 4 is 23.0 Å². The number of alkyl carbamates (subject to hydrolysis) is 1. The first-order valence-corrected chi connectivity index (χ1v) is 10.3. The van der Waals surface area contributed by atoms with Gasteiger partial charge in [0.15, 0.2) is 0 Å². The third-order valence-electron chi connectivity index (χ3n) is 4.88. The molecule has 32 heavy (non-hydrogen) atoms. The van der Waals surface area contributed by atoms with Gasteiger partial charge in [-0.15, -0.1) is 0 Å². The Labute approximate surface area is 186 Å². The molecule has 0 saturated carbocycles. The standard InChI is InChI=1S/C25H27NO6/c1-15-18-11-12-20(30-21(27)14-26-24(29)32-25(3,4)5)16(2)22(18)31-23(28)19(15)13-17-9-7-6-8-10-17/h6-12H,13-14H2,1-5H3,(H,26,29). The first kappa shape index (κ1) is 23.1. The fraction of sp³-hybridized carbons (Fsp3) is 0.320. The van der Waals surface area contributed by atoms with Gasteiger partial charge in [-0.3, -0.25) is 0 Å². The first-order chi connectivity index (χ1) is 15.0. The molecule has 7 nitrogen and oxygen atoms in total. The van der Waals surface area contributed by atoms with Crippen molar-refractivity contribution in [2.24, 2.45) is 0 Å². The summed E-state index contributed by atoms with van der Waals surface area (Å²) in [4.78, 5) is 36.6. The molecule has 0 aliphatic rings. The number of nitrogens with one attached hydrogen (secondary N) is 1. The number of esters is 1. The minimum atomic E-state index is -0.711. The molecule has 0 saturated heterocycles. The van der Waals surface area contributed by atoms with E-state index in [9.17, 15) is 14.4 Å². The molecule has 0 aliphatic carbocycles. The summed E-state index contributed by atoms with van der Waals surface area (Å²) in [7, 11) is 0. The zero-order valence-corrected chi connectivity index (χ0v) is 18.9. The van der Waals surface area contributed by atoms with Gasteiger partial charge in [0, 0.05) is 22.9 Å². The molecule has 3 aromatic rings. The molecule has 1 aromatic heterocycles. The molecular formula is C25H27NO6. The quantitative estimate of drug-likeness (QED) is 0.360. The van der Waals surface area contributed by atoms with E-state index < -0.39 is 23.3 Å². The maximum atomic E-state index is 12.7. The van der Waals surface area contributed by atoms with Crippen LogP contribution in [0.5, 0.6) is 5.75 Å². The van der Waals surface area contributed by atoms with Gasteiger partial charge >= 0.3 is 17.7 Å². The molecule has 0 aliphatic heterocycles. The van der Waals surface area contributed by atoms with E-state index >= 15 is 0 Å². The minimum Gasteiger partial charge on any atom is -0.444 e. The summed E-state index contributed by atoms with van der Waals surface area (Å²) in [6, 6.07) is 13.1. The highest BCUT2D eigenvalue weighted by Crippen LogP contribution is 2.30. The van der Waals surface area contributed by atoms with Crippen LogP contribution < -0.4 is 15.7 Å². The Morgan fingerprint density at radius 3 is 2.34 bits per heavy atom. The second-order valence-corrected chi connectivity index (χ2v) is 8.55. The minimum absolute atomic E-state index is 0.256. The number of ether oxygens (including phenoxy) is 2. The van der Waals surface area contributed by atoms with Crippen molar-refractivity contribution in [1.29, 1.82) is 0 Å². The van der Waals surface area contributed by atoms with Crippen LogP contribution in [-0.4, -0.2) is 24.2 Å². The Morgan fingerprint density at radius 1 is 1.00 bits per heavy atom. The monoisotopic (exact) mass is 437 g/mol. The van der Waals surface area contributed by atoms with Crippen molar-refractivity contribution in [3.63, 3.8) is 0 Å². The Bertz CT molecular complexity index is 1210. The van der Waals surface area contributed by atoms with E-state index in [0.29, 0.717) is 23.1 Å². The molecule has 0 fully saturated rings. The maximum Gasteiger partial charge on any atom is 0.408 e. The number of rotatable bonds is 5. The largest absolute Gasteiger partial charge is 0.444 e. The zero-order chi connectivity index (χ0) is 23.5. The second-order valence-electron chi connectivity index (χ2n) is 8.55. The van der Waals surface area contributed by atoms with Gasteiger partial charge in [0.1, 0.15) is 23.5 Å². The van der Waals surface area contributed by atoms with Crippen LogP contribution in [0, 0.1) is 13.8 Å². The maximum absolute atomic E-state index is 12.7. The van der Waals surface area contributed by atoms with Gasteiger partial charge in [-0.2, -0.15) is 0 Å². The smallest absolute Gasteiger partial charge is 0.408 e. The number of carbonyl (C=O) groups is 2. The SMILES string of the molecule is Cc1c(Cc2ccccc2)c(=O)oc2c(C)c(OC(=O)CNC(=O)OC(C)(C)C)ccc12. The van der Waals surface area contributed by atoms with E-state index in [2.05, 4.69) is 5.32 Å². The highest BCUT2D eigenvalue weighted by molar-refractivity contribution is 5.87. The number of fused-ring (bicyclic) bond motifs is 1. The van der Waals surface area contributed by atoms with Crippen LogP contribution in [0.3, 0.4) is 0 Å². The number of amides is 1. The van der Waals surface area contributed by atoms with E-state index in [-0.39, 0.29) is 12.3 Å². The fourth-order valence-corrected chi connectivity index (χ4v) is 3.30. The first-order valence-electron chi connectivity index (χ1n) is 10.3. The van der Waals surface area contributed by atoms with Crippen molar-refractivity contribution in [3.8, 4) is 5.75 Å². The predicted molar refractivity (Wildman–Crippen MR) is 121 cm³/mol. The lowest BCUT2D eigenvalue weighted by molar-refractivity contribution is -0.133. The molecule has 7 heteroatoms. The average molecular weight is 437 g/mol. The Hall–Kier alpha value is -3.61. The molecule has 0 atom stereocenters. The van der Waals surface area contributed by atoms with Crippen molar-refractivity contribution in [2.75, 3.05) is 6.54 Å². The number of benzene rings is 2. The van der Waals surface area contributed by atoms with E-state index in [1.165, 1.54) is 0 Å². The lowest BCUT2D eigenvalue weighted by Gasteiger charge is -2.19. The molecule has 1 heterocycles. The zero-order valence-electron chi connectivity index (χ0n) is 18.9. The van der Waals surface area contributed by atoms with Gasteiger partial charge in [0.25, 0.3) is 0 Å². The third kappa shape index (κ3) is 5.55. The van der Waals surface area contributed by atoms with Crippen LogP contribution in [0.2, 0.25) is 0 Å². The molecule has 0 radical (unpaired) electrons. The van der Waals surface area contributed by atoms with E-state index in [4.69, 9.17) is 13.9 Å². The van der Waals surface area contributed by atoms with Crippen LogP contribution in [0.1, 0.15) is 43.0 Å². The summed E-state index contributed by atoms with van der Waals surface area (Å²) in [6.45, 7) is 8.42. The van der Waals surface area contributed by atoms with Crippen LogP contribution in [-0.2, 0) is 16.0 Å². The Balaban J connectivity index is 1.80. The molecule has 1 amide bonds. The van der Waals surface area contributed by atoms with Crippen LogP contribution in [0.15, 0.2) is 51.7 Å². The average Bonchev–Trinajstić information content (AvgIpc) is 2.71. The second kappa shape index (κ2) is 9.26. The summed E-state index contributed by atoms with van der Waals surface area (Å²) in [6.07, 6.45) is -0.242. The van der Waals surface area contributed by atoms with Crippen molar-refractivity contribution < 1.29 is 23.5 Å². The van der Waals surface area contributed by atoms with Gasteiger partial charge in [-0.05, 0) is 57.9 Å². The lowest BCUT2D eigenvalue weighted by atomic mass is 9.98. The number of aryl methyl sites for hydroxylation is 2. The summed E-state index contributed by atoms with van der Waals surface area (Å²) in [5.41, 5.74) is 2.24. The summed E-state index contributed by atoms with van der Waals surface area (Å²) in [5.74, 6) is -0.412. The molecular weight excluding hydrogens is 410 g/mol. The molecule has 3 rings (SSSR count). The van der Waals surface area contributed by atoms with Crippen LogP contribution in [0.4, 0.5) is 4.79 Å². The predicted octanol–water partition coefficient (Wildman–Crippen LogP) is 4.43. The summed E-state index contributed by atoms with van der Waals surface area (Å²) >= 11 is 0. The molecule has 0 bridgehead atoms. The number of carbonyl (C=O) groups excluding carboxylic acids is 2. The van der Waals surface area contributed by atoms with Crippen LogP contribution >= 0.6 is 0 Å². The third-order valence-corrected chi connectivity index (χ3v) is 4.88. The van der Waals surface area contributed by atoms with Gasteiger partial charge in [0.05, 0.1) is 0 Å². The fourth-order valence-electron chi connectivity index (χ4n) is 3.30. The van der Waals surface area contributed by atoms with Gasteiger partial charge in [-0.25, -0.2) is 14.4 Å². The number of hydrogen-bond acceptors (Lipinski definition) is 6. The van der Waals surface area contributed by atoms with E-state index in [1.54, 1.807) is 39.8 Å². The van der Waals surface area contributed by atoms with Crippen molar-refractivity contribution in [3.05, 3.63) is 75.1 Å². The Morgan fingerprint density at radius 2 is 1.69 bits per heavy atom. The van der Waals surface area contributed by atoms with Gasteiger partial charge < -0.3 is 19.2 Å². The Kier molecular flexibility index (Phi) is 6.67. The van der Waals surface area contributed by atoms with E-state index in [0.717, 1.165) is 16.5 Å². The molecule has 168 valence electrons. The van der Waals surface area contributed by atoms with Crippen LogP contribution in [0.25, 0.3) is 11.0 Å². The molecule has 0 unspecified atom stereocenters. The highest BCUT2D eigenvalue weighted by Gasteiger charge is 2.19. The molecule has 1 N–H and O–H groups in total. The topological polar surface area (TPSA) is 94.8 Å². The lowest BCUT2D eigenvalue weighted by Crippen LogP contribution is -2.36. The summed E-state index contributed by atoms with van der Waals surface area (Å²) < 4.78 is 16.1. The molecule has 2 aromatic carbocycles. The van der Waals surface area contributed by atoms with Gasteiger partial charge in [-0.1, -0.05) is 30.3 Å². The van der Waals surface area contributed by atoms with Gasteiger partial charge in [0.2, 0.25) is 0 Å². The van der Waals surface area contributed by atoms with E-state index in [1.807, 2.05) is 37.3 Å². The summed E-state index contributed by atoms with van der Waals surface area (Å²) in [5, 5.41) is 3.13. The number of hydrogen-bond donors (Lipinski definition) is 1. The van der Waals surface area contributed by atoms with Crippen molar-refractivity contribution in [1.82, 2.24) is 5.32 Å². The highest BCUT2D eigenvalue weighted by atomic mass is 16.6. The van der Waals surface area contributed by atoms with Crippen molar-refractivity contribution in [2.45, 2.75) is 46.6 Å². The normalized spacial score (nSPS) is 11.3.